The molecule has 0 saturated carbocycles. The standard InChI is InChI=1S/C17H26BNO3/c18-19-10-7-15(8-11-19)17(21,13-19)9-6-16(20)22-12-14-4-2-1-3-5-14/h1-5,15,21H,6-13H2,18H3. The highest BCUT2D eigenvalue weighted by atomic mass is 16.5. The van der Waals surface area contributed by atoms with Crippen LogP contribution in [-0.2, 0) is 16.1 Å². The maximum absolute atomic E-state index is 12.0. The third-order valence-electron chi connectivity index (χ3n) is 4.85. The van der Waals surface area contributed by atoms with Crippen molar-refractivity contribution >= 4 is 14.0 Å². The van der Waals surface area contributed by atoms with Gasteiger partial charge in [-0.25, -0.2) is 0 Å². The van der Waals surface area contributed by atoms with Gasteiger partial charge in [-0.2, -0.15) is 0 Å². The van der Waals surface area contributed by atoms with E-state index in [1.165, 1.54) is 17.5 Å². The number of carbonyl (C=O) groups excluding carboxylic acids is 1. The Bertz CT molecular complexity index is 528. The van der Waals surface area contributed by atoms with Crippen molar-refractivity contribution in [3.63, 3.8) is 0 Å². The van der Waals surface area contributed by atoms with E-state index >= 15 is 0 Å². The van der Waals surface area contributed by atoms with Crippen LogP contribution in [0, 0.1) is 5.92 Å². The van der Waals surface area contributed by atoms with Crippen LogP contribution in [0.4, 0.5) is 0 Å². The first-order valence-corrected chi connectivity index (χ1v) is 7.80. The number of rotatable bonds is 5. The molecule has 4 rings (SSSR count). The van der Waals surface area contributed by atoms with Crippen molar-refractivity contribution in [1.82, 2.24) is 0 Å². The van der Waals surface area contributed by atoms with Gasteiger partial charge in [-0.1, -0.05) is 30.3 Å². The highest BCUT2D eigenvalue weighted by Gasteiger charge is 2.49. The van der Waals surface area contributed by atoms with Gasteiger partial charge in [0, 0.05) is 25.4 Å². The molecule has 1 aromatic carbocycles. The summed E-state index contributed by atoms with van der Waals surface area (Å²) in [5.74, 6) is 0.205. The lowest BCUT2D eigenvalue weighted by Crippen LogP contribution is -2.68. The smallest absolute Gasteiger partial charge is 0.306 e. The molecule has 0 aliphatic carbocycles. The van der Waals surface area contributed by atoms with Crippen molar-refractivity contribution in [2.24, 2.45) is 5.92 Å². The van der Waals surface area contributed by atoms with E-state index < -0.39 is 5.60 Å². The van der Waals surface area contributed by atoms with Crippen LogP contribution in [0.3, 0.4) is 0 Å². The molecule has 0 amide bonds. The van der Waals surface area contributed by atoms with E-state index in [0.717, 1.165) is 24.9 Å². The van der Waals surface area contributed by atoms with Crippen molar-refractivity contribution in [2.75, 3.05) is 19.6 Å². The SMILES string of the molecule is [BH3-][N+]12CCC(CC1)C(O)(CCC(=O)OCc1ccccc1)C2. The Morgan fingerprint density at radius 3 is 2.64 bits per heavy atom. The quantitative estimate of drug-likeness (QED) is 0.645. The number of aliphatic hydroxyl groups is 1. The molecule has 0 radical (unpaired) electrons. The van der Waals surface area contributed by atoms with Crippen LogP contribution < -0.4 is 0 Å². The zero-order chi connectivity index (χ0) is 15.6. The van der Waals surface area contributed by atoms with E-state index in [1.54, 1.807) is 0 Å². The second-order valence-corrected chi connectivity index (χ2v) is 6.30. The van der Waals surface area contributed by atoms with Gasteiger partial charge in [0.2, 0.25) is 0 Å². The van der Waals surface area contributed by atoms with Crippen molar-refractivity contribution in [2.45, 2.75) is 37.9 Å². The van der Waals surface area contributed by atoms with E-state index in [0.29, 0.717) is 25.4 Å². The number of fused-ring (bicyclic) bond motifs is 3. The summed E-state index contributed by atoms with van der Waals surface area (Å²) >= 11 is 0. The molecule has 3 saturated heterocycles. The number of esters is 1. The average Bonchev–Trinajstić information content (AvgIpc) is 2.52. The maximum Gasteiger partial charge on any atom is 0.306 e. The Morgan fingerprint density at radius 1 is 1.32 bits per heavy atom. The van der Waals surface area contributed by atoms with Crippen molar-refractivity contribution < 1.29 is 19.0 Å². The molecule has 4 nitrogen and oxygen atoms in total. The summed E-state index contributed by atoms with van der Waals surface area (Å²) in [5, 5.41) is 11.0. The van der Waals surface area contributed by atoms with Crippen molar-refractivity contribution in [3.05, 3.63) is 35.9 Å². The lowest BCUT2D eigenvalue weighted by molar-refractivity contribution is -0.846. The number of piperidine rings is 3. The van der Waals surface area contributed by atoms with Crippen LogP contribution in [0.2, 0.25) is 0 Å². The van der Waals surface area contributed by atoms with Gasteiger partial charge in [-0.3, -0.25) is 4.79 Å². The number of ether oxygens (including phenoxy) is 1. The topological polar surface area (TPSA) is 46.5 Å². The summed E-state index contributed by atoms with van der Waals surface area (Å²) in [4.78, 5) is 12.0. The summed E-state index contributed by atoms with van der Waals surface area (Å²) in [7, 11) is 0.187. The Labute approximate surface area is 133 Å². The van der Waals surface area contributed by atoms with Gasteiger partial charge in [-0.05, 0) is 24.8 Å². The molecule has 1 aromatic rings. The van der Waals surface area contributed by atoms with Crippen LogP contribution in [0.5, 0.6) is 0 Å². The number of hydrogen-bond donors (Lipinski definition) is 1. The predicted molar refractivity (Wildman–Crippen MR) is 87.9 cm³/mol. The Morgan fingerprint density at radius 2 is 2.00 bits per heavy atom. The molecule has 120 valence electrons. The van der Waals surface area contributed by atoms with Gasteiger partial charge in [0.25, 0.3) is 0 Å². The minimum Gasteiger partial charge on any atom is -0.520 e. The normalized spacial score (nSPS) is 33.6. The Kier molecular flexibility index (Phi) is 4.28. The molecule has 5 heteroatoms. The number of carbonyl (C=O) groups is 1. The van der Waals surface area contributed by atoms with Crippen LogP contribution in [0.1, 0.15) is 31.2 Å². The molecule has 3 aliphatic rings. The van der Waals surface area contributed by atoms with Gasteiger partial charge in [0.05, 0.1) is 6.54 Å². The summed E-state index contributed by atoms with van der Waals surface area (Å²) in [5.41, 5.74) is 0.385. The molecule has 3 fully saturated rings. The second-order valence-electron chi connectivity index (χ2n) is 6.30. The highest BCUT2D eigenvalue weighted by molar-refractivity contribution is 5.97. The number of hydrogen-bond acceptors (Lipinski definition) is 3. The summed E-state index contributed by atoms with van der Waals surface area (Å²) in [6, 6.07) is 9.73. The third-order valence-corrected chi connectivity index (χ3v) is 4.85. The third kappa shape index (κ3) is 3.36. The number of quaternary nitrogens is 1. The lowest BCUT2D eigenvalue weighted by Gasteiger charge is -2.60. The summed E-state index contributed by atoms with van der Waals surface area (Å²) < 4.78 is 6.53. The molecule has 22 heavy (non-hydrogen) atoms. The fourth-order valence-corrected chi connectivity index (χ4v) is 3.56. The average molecular weight is 303 g/mol. The van der Waals surface area contributed by atoms with E-state index in [-0.39, 0.29) is 14.0 Å². The van der Waals surface area contributed by atoms with Gasteiger partial charge in [-0.15, -0.1) is 0 Å². The van der Waals surface area contributed by atoms with E-state index in [1.807, 2.05) is 30.3 Å². The number of benzene rings is 1. The van der Waals surface area contributed by atoms with Crippen LogP contribution in [0.25, 0.3) is 0 Å². The van der Waals surface area contributed by atoms with E-state index in [2.05, 4.69) is 0 Å². The molecular weight excluding hydrogens is 277 g/mol. The summed E-state index contributed by atoms with van der Waals surface area (Å²) in [6.07, 6.45) is 3.18. The van der Waals surface area contributed by atoms with Gasteiger partial charge >= 0.3 is 5.97 Å². The predicted octanol–water partition coefficient (Wildman–Crippen LogP) is 0.762. The molecule has 3 heterocycles. The molecule has 1 N–H and O–H groups in total. The molecule has 1 atom stereocenters. The van der Waals surface area contributed by atoms with E-state index in [4.69, 9.17) is 4.74 Å². The summed E-state index contributed by atoms with van der Waals surface area (Å²) in [6.45, 7) is 3.76. The van der Waals surface area contributed by atoms with Crippen LogP contribution in [0.15, 0.2) is 30.3 Å². The van der Waals surface area contributed by atoms with Gasteiger partial charge in [0.15, 0.2) is 7.98 Å². The Hall–Kier alpha value is -1.33. The zero-order valence-electron chi connectivity index (χ0n) is 12.3. The van der Waals surface area contributed by atoms with Crippen molar-refractivity contribution in [1.29, 1.82) is 0 Å². The Balaban J connectivity index is 1.49. The maximum atomic E-state index is 12.0. The van der Waals surface area contributed by atoms with Crippen molar-refractivity contribution in [3.8, 4) is 0 Å². The first kappa shape index (κ1) is 15.6. The monoisotopic (exact) mass is 303 g/mol. The molecular formula is C17H26BNO3. The first-order valence-electron chi connectivity index (χ1n) is 7.80. The molecule has 0 spiro atoms. The van der Waals surface area contributed by atoms with Crippen LogP contribution >= 0.6 is 0 Å². The lowest BCUT2D eigenvalue weighted by atomic mass is 9.70. The number of nitrogens with zero attached hydrogens (tertiary/aromatic N) is 1. The minimum atomic E-state index is -0.621. The largest absolute Gasteiger partial charge is 0.520 e. The van der Waals surface area contributed by atoms with Crippen LogP contribution in [-0.4, -0.2) is 48.7 Å². The fourth-order valence-electron chi connectivity index (χ4n) is 3.56. The van der Waals surface area contributed by atoms with Gasteiger partial charge < -0.3 is 14.2 Å². The first-order chi connectivity index (χ1) is 10.5. The minimum absolute atomic E-state index is 0.187. The second kappa shape index (κ2) is 6.05. The fraction of sp³-hybridized carbons (Fsp3) is 0.588. The molecule has 2 bridgehead atoms. The van der Waals surface area contributed by atoms with Gasteiger partial charge in [0.1, 0.15) is 12.2 Å². The molecule has 0 aromatic heterocycles. The molecule has 1 unspecified atom stereocenters. The van der Waals surface area contributed by atoms with E-state index in [9.17, 15) is 9.90 Å². The zero-order valence-corrected chi connectivity index (χ0v) is 12.3. The highest BCUT2D eigenvalue weighted by Crippen LogP contribution is 2.41. The molecule has 3 aliphatic heterocycles.